The van der Waals surface area contributed by atoms with Crippen LogP contribution in [0.1, 0.15) is 23.2 Å². The van der Waals surface area contributed by atoms with E-state index in [4.69, 9.17) is 5.11 Å². The zero-order valence-corrected chi connectivity index (χ0v) is 10.5. The van der Waals surface area contributed by atoms with E-state index in [0.29, 0.717) is 6.42 Å². The largest absolute Gasteiger partial charge is 0.478 e. The van der Waals surface area contributed by atoms with E-state index in [2.05, 4.69) is 10.6 Å². The van der Waals surface area contributed by atoms with Gasteiger partial charge in [0.25, 0.3) is 0 Å². The van der Waals surface area contributed by atoms with Crippen LogP contribution in [0, 0.1) is 11.7 Å². The van der Waals surface area contributed by atoms with Gasteiger partial charge in [-0.1, -0.05) is 0 Å². The quantitative estimate of drug-likeness (QED) is 0.769. The first-order chi connectivity index (χ1) is 9.47. The van der Waals surface area contributed by atoms with Gasteiger partial charge in [0.1, 0.15) is 5.82 Å². The Kier molecular flexibility index (Phi) is 3.97. The Hall–Kier alpha value is -2.44. The molecule has 2 amide bonds. The Morgan fingerprint density at radius 2 is 2.15 bits per heavy atom. The molecule has 20 heavy (non-hydrogen) atoms. The number of carboxylic acid groups (broad SMARTS) is 1. The van der Waals surface area contributed by atoms with E-state index in [1.54, 1.807) is 0 Å². The highest BCUT2D eigenvalue weighted by molar-refractivity contribution is 5.96. The van der Waals surface area contributed by atoms with Gasteiger partial charge in [0.2, 0.25) is 11.8 Å². The summed E-state index contributed by atoms with van der Waals surface area (Å²) in [4.78, 5) is 33.7. The molecule has 6 nitrogen and oxygen atoms in total. The molecule has 1 aromatic carbocycles. The van der Waals surface area contributed by atoms with E-state index in [9.17, 15) is 18.8 Å². The van der Waals surface area contributed by atoms with Crippen LogP contribution in [0.4, 0.5) is 10.1 Å². The Morgan fingerprint density at radius 3 is 2.75 bits per heavy atom. The summed E-state index contributed by atoms with van der Waals surface area (Å²) >= 11 is 0. The standard InChI is InChI=1S/C13H13FN2O4/c14-9-3-1-7(13(19)20)5-10(9)16-12(18)8-2-4-11(17)15-6-8/h1,3,5,8H,2,4,6H2,(H,15,17)(H,16,18)(H,19,20). The summed E-state index contributed by atoms with van der Waals surface area (Å²) in [6, 6.07) is 3.17. The van der Waals surface area contributed by atoms with Crippen LogP contribution in [0.25, 0.3) is 0 Å². The van der Waals surface area contributed by atoms with Crippen LogP contribution in [0.15, 0.2) is 18.2 Å². The minimum Gasteiger partial charge on any atom is -0.478 e. The van der Waals surface area contributed by atoms with Crippen molar-refractivity contribution in [3.05, 3.63) is 29.6 Å². The van der Waals surface area contributed by atoms with Crippen molar-refractivity contribution in [3.63, 3.8) is 0 Å². The van der Waals surface area contributed by atoms with Crippen molar-refractivity contribution in [3.8, 4) is 0 Å². The topological polar surface area (TPSA) is 95.5 Å². The van der Waals surface area contributed by atoms with Crippen LogP contribution in [-0.4, -0.2) is 29.4 Å². The van der Waals surface area contributed by atoms with Gasteiger partial charge in [-0.25, -0.2) is 9.18 Å². The van der Waals surface area contributed by atoms with Crippen LogP contribution >= 0.6 is 0 Å². The lowest BCUT2D eigenvalue weighted by atomic mass is 9.98. The molecule has 1 aliphatic rings. The lowest BCUT2D eigenvalue weighted by Gasteiger charge is -2.21. The zero-order chi connectivity index (χ0) is 14.7. The summed E-state index contributed by atoms with van der Waals surface area (Å²) in [5.41, 5.74) is -0.287. The second-order valence-electron chi connectivity index (χ2n) is 4.53. The van der Waals surface area contributed by atoms with Gasteiger partial charge in [0, 0.05) is 13.0 Å². The van der Waals surface area contributed by atoms with E-state index >= 15 is 0 Å². The fourth-order valence-corrected chi connectivity index (χ4v) is 1.95. The van der Waals surface area contributed by atoms with Gasteiger partial charge in [0.05, 0.1) is 17.2 Å². The summed E-state index contributed by atoms with van der Waals surface area (Å²) in [6.45, 7) is 0.199. The van der Waals surface area contributed by atoms with Crippen LogP contribution < -0.4 is 10.6 Å². The third kappa shape index (κ3) is 3.11. The van der Waals surface area contributed by atoms with Crippen molar-refractivity contribution >= 4 is 23.5 Å². The average molecular weight is 280 g/mol. The summed E-state index contributed by atoms with van der Waals surface area (Å²) in [5.74, 6) is -2.91. The third-order valence-corrected chi connectivity index (χ3v) is 3.11. The van der Waals surface area contributed by atoms with Crippen molar-refractivity contribution in [2.24, 2.45) is 5.92 Å². The lowest BCUT2D eigenvalue weighted by Crippen LogP contribution is -2.40. The maximum Gasteiger partial charge on any atom is 0.335 e. The van der Waals surface area contributed by atoms with Crippen molar-refractivity contribution in [1.82, 2.24) is 5.32 Å². The molecule has 0 bridgehead atoms. The summed E-state index contributed by atoms with van der Waals surface area (Å²) in [5, 5.41) is 13.7. The highest BCUT2D eigenvalue weighted by Crippen LogP contribution is 2.19. The molecule has 1 unspecified atom stereocenters. The van der Waals surface area contributed by atoms with Gasteiger partial charge >= 0.3 is 5.97 Å². The van der Waals surface area contributed by atoms with Gasteiger partial charge in [-0.15, -0.1) is 0 Å². The first-order valence-electron chi connectivity index (χ1n) is 6.08. The number of hydrogen-bond donors (Lipinski definition) is 3. The molecule has 1 aliphatic heterocycles. The van der Waals surface area contributed by atoms with E-state index in [0.717, 1.165) is 18.2 Å². The summed E-state index contributed by atoms with van der Waals surface area (Å²) in [6.07, 6.45) is 0.633. The number of anilines is 1. The van der Waals surface area contributed by atoms with Crippen LogP contribution in [0.2, 0.25) is 0 Å². The zero-order valence-electron chi connectivity index (χ0n) is 10.5. The molecule has 1 aromatic rings. The Balaban J connectivity index is 2.09. The van der Waals surface area contributed by atoms with Crippen LogP contribution in [0.5, 0.6) is 0 Å². The molecule has 0 spiro atoms. The number of carbonyl (C=O) groups is 3. The summed E-state index contributed by atoms with van der Waals surface area (Å²) in [7, 11) is 0. The number of hydrogen-bond acceptors (Lipinski definition) is 3. The van der Waals surface area contributed by atoms with Crippen molar-refractivity contribution in [1.29, 1.82) is 0 Å². The predicted octanol–water partition coefficient (Wildman–Crippen LogP) is 0.989. The molecule has 0 saturated carbocycles. The average Bonchev–Trinajstić information content (AvgIpc) is 2.41. The molecule has 1 heterocycles. The van der Waals surface area contributed by atoms with Crippen LogP contribution in [-0.2, 0) is 9.59 Å². The summed E-state index contributed by atoms with van der Waals surface area (Å²) < 4.78 is 13.5. The second kappa shape index (κ2) is 5.68. The maximum atomic E-state index is 13.5. The van der Waals surface area contributed by atoms with Crippen molar-refractivity contribution in [2.45, 2.75) is 12.8 Å². The van der Waals surface area contributed by atoms with Gasteiger partial charge < -0.3 is 15.7 Å². The van der Waals surface area contributed by atoms with Gasteiger partial charge in [0.15, 0.2) is 0 Å². The Labute approximate surface area is 114 Å². The molecule has 1 atom stereocenters. The Morgan fingerprint density at radius 1 is 1.40 bits per heavy atom. The molecule has 0 radical (unpaired) electrons. The van der Waals surface area contributed by atoms with Gasteiger partial charge in [-0.05, 0) is 24.6 Å². The van der Waals surface area contributed by atoms with E-state index < -0.39 is 23.6 Å². The molecular formula is C13H13FN2O4. The maximum absolute atomic E-state index is 13.5. The van der Waals surface area contributed by atoms with Crippen molar-refractivity contribution in [2.75, 3.05) is 11.9 Å². The molecule has 7 heteroatoms. The molecule has 1 fully saturated rings. The predicted molar refractivity (Wildman–Crippen MR) is 67.7 cm³/mol. The fraction of sp³-hybridized carbons (Fsp3) is 0.308. The second-order valence-corrected chi connectivity index (χ2v) is 4.53. The smallest absolute Gasteiger partial charge is 0.335 e. The van der Waals surface area contributed by atoms with Crippen molar-refractivity contribution < 1.29 is 23.9 Å². The first kappa shape index (κ1) is 14.0. The molecule has 106 valence electrons. The molecule has 1 saturated heterocycles. The highest BCUT2D eigenvalue weighted by Gasteiger charge is 2.25. The molecule has 2 rings (SSSR count). The SMILES string of the molecule is O=C1CCC(C(=O)Nc2cc(C(=O)O)ccc2F)CN1. The monoisotopic (exact) mass is 280 g/mol. The Bertz CT molecular complexity index is 563. The minimum atomic E-state index is -1.20. The first-order valence-corrected chi connectivity index (χ1v) is 6.08. The molecule has 3 N–H and O–H groups in total. The number of aromatic carboxylic acids is 1. The van der Waals surface area contributed by atoms with E-state index in [1.165, 1.54) is 0 Å². The number of amides is 2. The third-order valence-electron chi connectivity index (χ3n) is 3.11. The molecule has 0 aromatic heterocycles. The molecule has 0 aliphatic carbocycles. The number of benzene rings is 1. The number of carbonyl (C=O) groups excluding carboxylic acids is 2. The number of piperidine rings is 1. The van der Waals surface area contributed by atoms with Crippen LogP contribution in [0.3, 0.4) is 0 Å². The highest BCUT2D eigenvalue weighted by atomic mass is 19.1. The minimum absolute atomic E-state index is 0.112. The number of rotatable bonds is 3. The molecular weight excluding hydrogens is 267 g/mol. The normalized spacial score (nSPS) is 18.2. The van der Waals surface area contributed by atoms with Gasteiger partial charge in [-0.2, -0.15) is 0 Å². The van der Waals surface area contributed by atoms with Gasteiger partial charge in [-0.3, -0.25) is 9.59 Å². The van der Waals surface area contributed by atoms with E-state index in [1.807, 2.05) is 0 Å². The van der Waals surface area contributed by atoms with E-state index in [-0.39, 0.29) is 30.1 Å². The number of halogens is 1. The number of carboxylic acids is 1. The fourth-order valence-electron chi connectivity index (χ4n) is 1.95. The lowest BCUT2D eigenvalue weighted by molar-refractivity contribution is -0.126. The number of nitrogens with one attached hydrogen (secondary N) is 2.